The Kier molecular flexibility index (Phi) is 2.63. The number of anilines is 4. The van der Waals surface area contributed by atoms with Gasteiger partial charge in [0, 0.05) is 31.9 Å². The Balaban J connectivity index is 2.22. The molecule has 0 saturated carbocycles. The van der Waals surface area contributed by atoms with Gasteiger partial charge in [-0.3, -0.25) is 0 Å². The fourth-order valence-electron chi connectivity index (χ4n) is 2.04. The van der Waals surface area contributed by atoms with Crippen LogP contribution in [0.25, 0.3) is 6.08 Å². The molecule has 0 fully saturated rings. The summed E-state index contributed by atoms with van der Waals surface area (Å²) in [6, 6.07) is 0.752. The van der Waals surface area contributed by atoms with Gasteiger partial charge >= 0.3 is 0 Å². The molecule has 3 aromatic rings. The van der Waals surface area contributed by atoms with E-state index in [-0.39, 0.29) is 23.0 Å². The first-order chi connectivity index (χ1) is 18.5. The summed E-state index contributed by atoms with van der Waals surface area (Å²) in [7, 11) is 0. The lowest BCUT2D eigenvalue weighted by molar-refractivity contribution is 1.16. The first-order valence-corrected chi connectivity index (χ1v) is 7.66. The predicted octanol–water partition coefficient (Wildman–Crippen LogP) is 4.99. The summed E-state index contributed by atoms with van der Waals surface area (Å²) in [5, 5.41) is 23.1. The van der Waals surface area contributed by atoms with E-state index in [0.717, 1.165) is 18.3 Å². The Morgan fingerprint density at radius 2 is 1.86 bits per heavy atom. The third-order valence-electron chi connectivity index (χ3n) is 3.23. The van der Waals surface area contributed by atoms with E-state index in [0.29, 0.717) is 0 Å². The summed E-state index contributed by atoms with van der Waals surface area (Å²) < 4.78 is 96.7. The van der Waals surface area contributed by atoms with Crippen molar-refractivity contribution >= 4 is 29.2 Å². The fraction of sp³-hybridized carbons (Fsp3) is 0.0909. The van der Waals surface area contributed by atoms with Crippen molar-refractivity contribution in [2.45, 2.75) is 13.7 Å². The standard InChI is InChI=1S/C22H18N6/c1-15-12-18(4-3-10-23)13-16(2)21(15)27-20-9-11-25-22(28-20)26-19-7-5-17(14-24)6-8-19/h3-9,11-13H,1-2H3,(H2,25,26,27,28)/b4-3+/i1D3,2D3,5D,6D,7D,8D,12D,13D. The van der Waals surface area contributed by atoms with Crippen LogP contribution in [0.1, 0.15) is 38.7 Å². The molecular formula is C22H18N6. The Labute approximate surface area is 180 Å². The molecule has 1 aromatic heterocycles. The van der Waals surface area contributed by atoms with Gasteiger partial charge in [-0.25, -0.2) is 4.98 Å². The van der Waals surface area contributed by atoms with Crippen LogP contribution in [-0.2, 0) is 0 Å². The van der Waals surface area contributed by atoms with Gasteiger partial charge in [0.2, 0.25) is 5.95 Å². The van der Waals surface area contributed by atoms with E-state index in [1.807, 2.05) is 0 Å². The molecule has 0 amide bonds. The number of hydrogen-bond donors (Lipinski definition) is 2. The minimum absolute atomic E-state index is 0.198. The van der Waals surface area contributed by atoms with Crippen molar-refractivity contribution in [1.82, 2.24) is 9.97 Å². The lowest BCUT2D eigenvalue weighted by Crippen LogP contribution is -2.02. The first-order valence-electron chi connectivity index (χ1n) is 13.7. The maximum atomic E-state index is 9.13. The van der Waals surface area contributed by atoms with Crippen LogP contribution in [0.5, 0.6) is 0 Å². The lowest BCUT2D eigenvalue weighted by atomic mass is 10.0. The molecule has 0 unspecified atom stereocenters. The van der Waals surface area contributed by atoms with Gasteiger partial charge in [-0.15, -0.1) is 0 Å². The van der Waals surface area contributed by atoms with Crippen molar-refractivity contribution in [2.24, 2.45) is 0 Å². The summed E-state index contributed by atoms with van der Waals surface area (Å²) >= 11 is 0. The van der Waals surface area contributed by atoms with Crippen LogP contribution in [0.2, 0.25) is 0 Å². The van der Waals surface area contributed by atoms with E-state index in [1.165, 1.54) is 6.07 Å². The maximum Gasteiger partial charge on any atom is 0.229 e. The van der Waals surface area contributed by atoms with Crippen molar-refractivity contribution in [3.8, 4) is 12.1 Å². The van der Waals surface area contributed by atoms with E-state index in [4.69, 9.17) is 27.0 Å². The zero-order chi connectivity index (χ0) is 30.2. The van der Waals surface area contributed by atoms with Gasteiger partial charge in [0.15, 0.2) is 0 Å². The number of rotatable bonds is 5. The number of nitriles is 2. The molecule has 0 atom stereocenters. The molecule has 2 N–H and O–H groups in total. The molecule has 0 saturated heterocycles. The van der Waals surface area contributed by atoms with Crippen LogP contribution in [0, 0.1) is 36.4 Å². The van der Waals surface area contributed by atoms with Gasteiger partial charge < -0.3 is 10.6 Å². The molecule has 1 heterocycles. The number of benzene rings is 2. The molecule has 3 rings (SSSR count). The van der Waals surface area contributed by atoms with E-state index in [1.54, 1.807) is 12.1 Å². The number of hydrogen-bond acceptors (Lipinski definition) is 6. The van der Waals surface area contributed by atoms with Crippen LogP contribution < -0.4 is 10.6 Å². The van der Waals surface area contributed by atoms with E-state index >= 15 is 0 Å². The summed E-state index contributed by atoms with van der Waals surface area (Å²) in [6.45, 7) is -6.07. The third kappa shape index (κ3) is 4.51. The van der Waals surface area contributed by atoms with Crippen LogP contribution in [0.15, 0.2) is 54.6 Å². The number of nitrogens with zero attached hydrogens (tertiary/aromatic N) is 4. The summed E-state index contributed by atoms with van der Waals surface area (Å²) in [6.07, 6.45) is 3.04. The van der Waals surface area contributed by atoms with E-state index in [9.17, 15) is 0 Å². The van der Waals surface area contributed by atoms with E-state index < -0.39 is 72.3 Å². The molecule has 0 aliphatic carbocycles. The van der Waals surface area contributed by atoms with Crippen molar-refractivity contribution in [1.29, 1.82) is 10.5 Å². The van der Waals surface area contributed by atoms with Gasteiger partial charge in [-0.05, 0) is 78.8 Å². The Hall–Kier alpha value is -4.16. The van der Waals surface area contributed by atoms with Gasteiger partial charge in [0.25, 0.3) is 0 Å². The van der Waals surface area contributed by atoms with E-state index in [2.05, 4.69) is 20.6 Å². The smallest absolute Gasteiger partial charge is 0.229 e. The molecule has 0 aliphatic heterocycles. The number of aromatic nitrogens is 2. The Bertz CT molecular complexity index is 1540. The highest BCUT2D eigenvalue weighted by atomic mass is 15.1. The molecule has 0 aliphatic rings. The Morgan fingerprint density at radius 3 is 2.50 bits per heavy atom. The topological polar surface area (TPSA) is 97.4 Å². The van der Waals surface area contributed by atoms with Crippen molar-refractivity contribution in [3.05, 3.63) is 76.8 Å². The second-order valence-electron chi connectivity index (χ2n) is 5.13. The Morgan fingerprint density at radius 1 is 1.11 bits per heavy atom. The highest BCUT2D eigenvalue weighted by Crippen LogP contribution is 2.26. The SMILES string of the molecule is [2H]c1c([2H])c(Nc2nccc(Nc3c(C([2H])([2H])[2H])c([2H])c(/C=C/C#N)c([2H])c3C([2H])([2H])[2H])n2)c([2H])c([2H])c1C#N. The normalized spacial score (nSPS) is 17.4. The second-order valence-corrected chi connectivity index (χ2v) is 5.13. The molecule has 6 heteroatoms. The highest BCUT2D eigenvalue weighted by Gasteiger charge is 2.07. The largest absolute Gasteiger partial charge is 0.340 e. The van der Waals surface area contributed by atoms with Crippen molar-refractivity contribution in [2.75, 3.05) is 10.6 Å². The van der Waals surface area contributed by atoms with Crippen molar-refractivity contribution in [3.63, 3.8) is 0 Å². The second kappa shape index (κ2) is 8.48. The molecule has 0 bridgehead atoms. The molecular weight excluding hydrogens is 348 g/mol. The molecule has 28 heavy (non-hydrogen) atoms. The van der Waals surface area contributed by atoms with Gasteiger partial charge in [-0.2, -0.15) is 15.5 Å². The molecule has 6 nitrogen and oxygen atoms in total. The summed E-state index contributed by atoms with van der Waals surface area (Å²) in [5.74, 6) is -0.497. The van der Waals surface area contributed by atoms with Crippen LogP contribution >= 0.6 is 0 Å². The third-order valence-corrected chi connectivity index (χ3v) is 3.23. The minimum atomic E-state index is -3.03. The first kappa shape index (κ1) is 8.69. The number of allylic oxidation sites excluding steroid dienone is 1. The fourth-order valence-corrected chi connectivity index (χ4v) is 2.04. The average molecular weight is 379 g/mol. The zero-order valence-electron chi connectivity index (χ0n) is 26.1. The molecule has 2 aromatic carbocycles. The molecule has 136 valence electrons. The quantitative estimate of drug-likeness (QED) is 0.607. The highest BCUT2D eigenvalue weighted by molar-refractivity contribution is 5.69. The van der Waals surface area contributed by atoms with Crippen LogP contribution in [0.3, 0.4) is 0 Å². The van der Waals surface area contributed by atoms with Crippen LogP contribution in [0.4, 0.5) is 23.1 Å². The van der Waals surface area contributed by atoms with Crippen LogP contribution in [-0.4, -0.2) is 9.97 Å². The van der Waals surface area contributed by atoms with Crippen molar-refractivity contribution < 1.29 is 16.4 Å². The minimum Gasteiger partial charge on any atom is -0.340 e. The molecule has 0 spiro atoms. The van der Waals surface area contributed by atoms with Gasteiger partial charge in [0.1, 0.15) is 5.82 Å². The summed E-state index contributed by atoms with van der Waals surface area (Å²) in [5.41, 5.74) is -3.24. The monoisotopic (exact) mass is 378 g/mol. The average Bonchev–Trinajstić information content (AvgIpc) is 2.84. The zero-order valence-corrected chi connectivity index (χ0v) is 14.1. The maximum absolute atomic E-state index is 9.13. The summed E-state index contributed by atoms with van der Waals surface area (Å²) in [4.78, 5) is 8.02. The lowest BCUT2D eigenvalue weighted by Gasteiger charge is -2.14. The number of nitrogens with one attached hydrogen (secondary N) is 2. The predicted molar refractivity (Wildman–Crippen MR) is 110 cm³/mol. The van der Waals surface area contributed by atoms with Gasteiger partial charge in [-0.1, -0.05) is 0 Å². The van der Waals surface area contributed by atoms with Gasteiger partial charge in [0.05, 0.1) is 25.9 Å². The molecule has 0 radical (unpaired) electrons.